The molecule has 2 aromatic rings. The van der Waals surface area contributed by atoms with Crippen molar-refractivity contribution in [3.05, 3.63) is 57.8 Å². The van der Waals surface area contributed by atoms with Gasteiger partial charge >= 0.3 is 6.09 Å². The Morgan fingerprint density at radius 2 is 2.09 bits per heavy atom. The molecule has 0 aliphatic rings. The SMILES string of the molecule is COC(=O)Nc1cccc(F)c1COc1ccc(C)cc1Br. The molecule has 0 aromatic heterocycles. The standard InChI is InChI=1S/C16H15BrFNO3/c1-10-6-7-15(12(17)8-10)22-9-11-13(18)4-3-5-14(11)19-16(20)21-2/h3-8H,9H2,1-2H3,(H,19,20). The molecule has 0 saturated carbocycles. The minimum Gasteiger partial charge on any atom is -0.488 e. The van der Waals surface area contributed by atoms with Crippen LogP contribution in [-0.2, 0) is 11.3 Å². The molecule has 1 amide bonds. The molecule has 4 nitrogen and oxygen atoms in total. The second-order valence-electron chi connectivity index (χ2n) is 4.61. The van der Waals surface area contributed by atoms with Crippen LogP contribution in [0, 0.1) is 12.7 Å². The molecule has 0 unspecified atom stereocenters. The van der Waals surface area contributed by atoms with Crippen molar-refractivity contribution >= 4 is 27.7 Å². The molecule has 116 valence electrons. The maximum atomic E-state index is 14.0. The van der Waals surface area contributed by atoms with Gasteiger partial charge in [0.25, 0.3) is 0 Å². The van der Waals surface area contributed by atoms with E-state index in [1.165, 1.54) is 19.2 Å². The number of carbonyl (C=O) groups is 1. The monoisotopic (exact) mass is 367 g/mol. The summed E-state index contributed by atoms with van der Waals surface area (Å²) in [6.07, 6.45) is -0.664. The third kappa shape index (κ3) is 3.98. The second kappa shape index (κ2) is 7.26. The zero-order valence-electron chi connectivity index (χ0n) is 12.2. The van der Waals surface area contributed by atoms with Crippen LogP contribution in [0.15, 0.2) is 40.9 Å². The Bertz CT molecular complexity index is 691. The Balaban J connectivity index is 2.19. The number of carbonyl (C=O) groups excluding carboxylic acids is 1. The smallest absolute Gasteiger partial charge is 0.411 e. The summed E-state index contributed by atoms with van der Waals surface area (Å²) in [6, 6.07) is 10.0. The van der Waals surface area contributed by atoms with Gasteiger partial charge in [0, 0.05) is 5.56 Å². The highest BCUT2D eigenvalue weighted by Crippen LogP contribution is 2.28. The summed E-state index contributed by atoms with van der Waals surface area (Å²) in [7, 11) is 1.24. The molecule has 22 heavy (non-hydrogen) atoms. The zero-order valence-corrected chi connectivity index (χ0v) is 13.7. The molecule has 0 spiro atoms. The average Bonchev–Trinajstić information content (AvgIpc) is 2.48. The summed E-state index contributed by atoms with van der Waals surface area (Å²) in [5, 5.41) is 2.47. The number of hydrogen-bond acceptors (Lipinski definition) is 3. The normalized spacial score (nSPS) is 10.2. The number of nitrogens with one attached hydrogen (secondary N) is 1. The minimum absolute atomic E-state index is 0.0202. The molecule has 0 heterocycles. The molecule has 2 aromatic carbocycles. The molecule has 0 radical (unpaired) electrons. The number of rotatable bonds is 4. The predicted octanol–water partition coefficient (Wildman–Crippen LogP) is 4.65. The van der Waals surface area contributed by atoms with E-state index in [-0.39, 0.29) is 12.2 Å². The fourth-order valence-electron chi connectivity index (χ4n) is 1.86. The summed E-state index contributed by atoms with van der Waals surface area (Å²) in [5.41, 5.74) is 1.65. The summed E-state index contributed by atoms with van der Waals surface area (Å²) in [6.45, 7) is 1.94. The first-order chi connectivity index (χ1) is 10.5. The van der Waals surface area contributed by atoms with Gasteiger partial charge in [0.15, 0.2) is 0 Å². The number of anilines is 1. The summed E-state index contributed by atoms with van der Waals surface area (Å²) in [4.78, 5) is 11.3. The Hall–Kier alpha value is -2.08. The van der Waals surface area contributed by atoms with Gasteiger partial charge in [0.2, 0.25) is 0 Å². The third-order valence-electron chi connectivity index (χ3n) is 3.00. The largest absolute Gasteiger partial charge is 0.488 e. The first-order valence-electron chi connectivity index (χ1n) is 6.52. The number of benzene rings is 2. The lowest BCUT2D eigenvalue weighted by Crippen LogP contribution is -2.14. The van der Waals surface area contributed by atoms with E-state index in [4.69, 9.17) is 4.74 Å². The van der Waals surface area contributed by atoms with Gasteiger partial charge in [-0.15, -0.1) is 0 Å². The average molecular weight is 368 g/mol. The number of aryl methyl sites for hydroxylation is 1. The van der Waals surface area contributed by atoms with Crippen molar-refractivity contribution in [3.63, 3.8) is 0 Å². The van der Waals surface area contributed by atoms with E-state index in [0.29, 0.717) is 11.4 Å². The highest BCUT2D eigenvalue weighted by Gasteiger charge is 2.13. The summed E-state index contributed by atoms with van der Waals surface area (Å²) >= 11 is 3.40. The number of methoxy groups -OCH3 is 1. The second-order valence-corrected chi connectivity index (χ2v) is 5.46. The Morgan fingerprint density at radius 3 is 2.77 bits per heavy atom. The van der Waals surface area contributed by atoms with E-state index >= 15 is 0 Å². The number of ether oxygens (including phenoxy) is 2. The summed E-state index contributed by atoms with van der Waals surface area (Å²) in [5.74, 6) is 0.134. The van der Waals surface area contributed by atoms with E-state index in [1.54, 1.807) is 12.1 Å². The van der Waals surface area contributed by atoms with Gasteiger partial charge < -0.3 is 9.47 Å². The van der Waals surface area contributed by atoms with Crippen molar-refractivity contribution in [3.8, 4) is 5.75 Å². The third-order valence-corrected chi connectivity index (χ3v) is 3.62. The zero-order chi connectivity index (χ0) is 16.1. The lowest BCUT2D eigenvalue weighted by atomic mass is 10.1. The molecule has 2 rings (SSSR count). The van der Waals surface area contributed by atoms with E-state index in [2.05, 4.69) is 26.0 Å². The lowest BCUT2D eigenvalue weighted by Gasteiger charge is -2.13. The van der Waals surface area contributed by atoms with Crippen LogP contribution >= 0.6 is 15.9 Å². The molecular weight excluding hydrogens is 353 g/mol. The fourth-order valence-corrected chi connectivity index (χ4v) is 2.46. The minimum atomic E-state index is -0.664. The Kier molecular flexibility index (Phi) is 5.38. The topological polar surface area (TPSA) is 47.6 Å². The van der Waals surface area contributed by atoms with Gasteiger partial charge in [-0.2, -0.15) is 0 Å². The first kappa shape index (κ1) is 16.3. The van der Waals surface area contributed by atoms with Gasteiger partial charge in [-0.25, -0.2) is 9.18 Å². The number of hydrogen-bond donors (Lipinski definition) is 1. The van der Waals surface area contributed by atoms with Gasteiger partial charge in [-0.3, -0.25) is 5.32 Å². The molecular formula is C16H15BrFNO3. The van der Waals surface area contributed by atoms with Crippen LogP contribution in [0.3, 0.4) is 0 Å². The maximum Gasteiger partial charge on any atom is 0.411 e. The molecule has 0 fully saturated rings. The van der Waals surface area contributed by atoms with E-state index < -0.39 is 11.9 Å². The van der Waals surface area contributed by atoms with Gasteiger partial charge in [-0.1, -0.05) is 12.1 Å². The molecule has 0 atom stereocenters. The molecule has 0 aliphatic carbocycles. The van der Waals surface area contributed by atoms with Crippen molar-refractivity contribution in [2.45, 2.75) is 13.5 Å². The van der Waals surface area contributed by atoms with Gasteiger partial charge in [0.1, 0.15) is 18.2 Å². The highest BCUT2D eigenvalue weighted by atomic mass is 79.9. The van der Waals surface area contributed by atoms with Crippen LogP contribution in [0.1, 0.15) is 11.1 Å². The van der Waals surface area contributed by atoms with Crippen LogP contribution in [0.5, 0.6) is 5.75 Å². The molecule has 0 saturated heterocycles. The fraction of sp³-hybridized carbons (Fsp3) is 0.188. The van der Waals surface area contributed by atoms with E-state index in [9.17, 15) is 9.18 Å². The van der Waals surface area contributed by atoms with Crippen LogP contribution in [-0.4, -0.2) is 13.2 Å². The van der Waals surface area contributed by atoms with E-state index in [1.807, 2.05) is 19.1 Å². The van der Waals surface area contributed by atoms with Gasteiger partial charge in [-0.05, 0) is 52.7 Å². The Morgan fingerprint density at radius 1 is 1.32 bits per heavy atom. The van der Waals surface area contributed by atoms with Crippen molar-refractivity contribution in [1.82, 2.24) is 0 Å². The summed E-state index contributed by atoms with van der Waals surface area (Å²) < 4.78 is 24.9. The molecule has 6 heteroatoms. The number of halogens is 2. The maximum absolute atomic E-state index is 14.0. The highest BCUT2D eigenvalue weighted by molar-refractivity contribution is 9.10. The Labute approximate surface area is 136 Å². The van der Waals surface area contributed by atoms with Crippen molar-refractivity contribution in [2.75, 3.05) is 12.4 Å². The molecule has 0 bridgehead atoms. The first-order valence-corrected chi connectivity index (χ1v) is 7.32. The van der Waals surface area contributed by atoms with Crippen LogP contribution in [0.2, 0.25) is 0 Å². The van der Waals surface area contributed by atoms with Crippen LogP contribution in [0.4, 0.5) is 14.9 Å². The quantitative estimate of drug-likeness (QED) is 0.854. The van der Waals surface area contributed by atoms with Crippen molar-refractivity contribution in [2.24, 2.45) is 0 Å². The molecule has 1 N–H and O–H groups in total. The van der Waals surface area contributed by atoms with Crippen molar-refractivity contribution in [1.29, 1.82) is 0 Å². The predicted molar refractivity (Wildman–Crippen MR) is 85.6 cm³/mol. The molecule has 0 aliphatic heterocycles. The number of amides is 1. The van der Waals surface area contributed by atoms with Crippen molar-refractivity contribution < 1.29 is 18.7 Å². The van der Waals surface area contributed by atoms with Crippen LogP contribution < -0.4 is 10.1 Å². The van der Waals surface area contributed by atoms with Crippen LogP contribution in [0.25, 0.3) is 0 Å². The van der Waals surface area contributed by atoms with E-state index in [0.717, 1.165) is 10.0 Å². The lowest BCUT2D eigenvalue weighted by molar-refractivity contribution is 0.187. The van der Waals surface area contributed by atoms with Gasteiger partial charge in [0.05, 0.1) is 17.3 Å².